The zero-order valence-corrected chi connectivity index (χ0v) is 16.3. The van der Waals surface area contributed by atoms with Crippen molar-refractivity contribution in [1.82, 2.24) is 20.1 Å². The van der Waals surface area contributed by atoms with Crippen LogP contribution in [0.25, 0.3) is 10.8 Å². The van der Waals surface area contributed by atoms with Gasteiger partial charge in [0.1, 0.15) is 0 Å². The quantitative estimate of drug-likeness (QED) is 0.695. The van der Waals surface area contributed by atoms with Crippen molar-refractivity contribution in [1.29, 1.82) is 0 Å². The Labute approximate surface area is 168 Å². The number of hydrogen-bond donors (Lipinski definition) is 1. The summed E-state index contributed by atoms with van der Waals surface area (Å²) in [6, 6.07) is 17.4. The molecule has 1 aliphatic heterocycles. The number of piperidine rings is 1. The molecule has 29 heavy (non-hydrogen) atoms. The molecular formula is C22H23N5O2. The second-order valence-electron chi connectivity index (χ2n) is 7.20. The van der Waals surface area contributed by atoms with E-state index in [0.29, 0.717) is 10.8 Å². The second-order valence-corrected chi connectivity index (χ2v) is 7.20. The number of nitrogens with one attached hydrogen (secondary N) is 1. The molecule has 3 aromatic rings. The van der Waals surface area contributed by atoms with E-state index in [1.54, 1.807) is 31.3 Å². The van der Waals surface area contributed by atoms with Crippen molar-refractivity contribution in [3.8, 4) is 0 Å². The molecule has 0 bridgehead atoms. The van der Waals surface area contributed by atoms with Gasteiger partial charge in [-0.05, 0) is 11.6 Å². The summed E-state index contributed by atoms with van der Waals surface area (Å²) in [6.07, 6.45) is 1.63. The number of fused-ring (bicyclic) bond motifs is 1. The summed E-state index contributed by atoms with van der Waals surface area (Å²) in [7, 11) is 1.54. The van der Waals surface area contributed by atoms with E-state index in [4.69, 9.17) is 0 Å². The number of benzene rings is 2. The van der Waals surface area contributed by atoms with Crippen LogP contribution in [0.15, 0.2) is 64.5 Å². The van der Waals surface area contributed by atoms with Gasteiger partial charge in [0.15, 0.2) is 5.69 Å². The number of carbonyl (C=O) groups is 1. The summed E-state index contributed by atoms with van der Waals surface area (Å²) in [5, 5.41) is 9.46. The molecule has 1 aromatic heterocycles. The molecule has 0 unspecified atom stereocenters. The third-order valence-corrected chi connectivity index (χ3v) is 5.17. The number of amides is 1. The lowest BCUT2D eigenvalue weighted by molar-refractivity contribution is 0.0949. The van der Waals surface area contributed by atoms with Gasteiger partial charge in [0, 0.05) is 50.6 Å². The van der Waals surface area contributed by atoms with Crippen LogP contribution in [0.3, 0.4) is 0 Å². The topological polar surface area (TPSA) is 79.6 Å². The molecule has 2 heterocycles. The van der Waals surface area contributed by atoms with Gasteiger partial charge in [-0.3, -0.25) is 14.5 Å². The molecule has 1 fully saturated rings. The molecule has 148 valence electrons. The van der Waals surface area contributed by atoms with Crippen LogP contribution >= 0.6 is 0 Å². The average Bonchev–Trinajstić information content (AvgIpc) is 2.76. The number of rotatable bonds is 4. The van der Waals surface area contributed by atoms with Crippen molar-refractivity contribution in [2.75, 3.05) is 13.1 Å². The lowest BCUT2D eigenvalue weighted by atomic mass is 10.1. The fourth-order valence-electron chi connectivity index (χ4n) is 3.57. The predicted molar refractivity (Wildman–Crippen MR) is 113 cm³/mol. The third-order valence-electron chi connectivity index (χ3n) is 5.17. The van der Waals surface area contributed by atoms with Gasteiger partial charge in [-0.25, -0.2) is 10.1 Å². The van der Waals surface area contributed by atoms with E-state index >= 15 is 0 Å². The van der Waals surface area contributed by atoms with Crippen molar-refractivity contribution in [2.24, 2.45) is 12.1 Å². The SMILES string of the molecule is Cn1nc(C(=O)NN=C2CCN(Cc3ccccc3)CC2)c2ccccc2c1=O. The highest BCUT2D eigenvalue weighted by atomic mass is 16.2. The smallest absolute Gasteiger partial charge is 0.292 e. The summed E-state index contributed by atoms with van der Waals surface area (Å²) in [6.45, 7) is 2.74. The van der Waals surface area contributed by atoms with Crippen LogP contribution in [-0.2, 0) is 13.6 Å². The van der Waals surface area contributed by atoms with E-state index in [-0.39, 0.29) is 11.3 Å². The Morgan fingerprint density at radius 1 is 1.03 bits per heavy atom. The molecule has 0 saturated carbocycles. The van der Waals surface area contributed by atoms with Gasteiger partial charge in [0.05, 0.1) is 5.39 Å². The molecule has 0 radical (unpaired) electrons. The van der Waals surface area contributed by atoms with Crippen LogP contribution in [-0.4, -0.2) is 39.4 Å². The first kappa shape index (κ1) is 19.0. The first-order chi connectivity index (χ1) is 14.1. The van der Waals surface area contributed by atoms with Gasteiger partial charge >= 0.3 is 0 Å². The van der Waals surface area contributed by atoms with Crippen molar-refractivity contribution in [2.45, 2.75) is 19.4 Å². The van der Waals surface area contributed by atoms with Gasteiger partial charge in [0.25, 0.3) is 11.5 Å². The van der Waals surface area contributed by atoms with E-state index in [0.717, 1.165) is 38.2 Å². The number of nitrogens with zero attached hydrogens (tertiary/aromatic N) is 4. The summed E-state index contributed by atoms with van der Waals surface area (Å²) in [5.41, 5.74) is 4.87. The number of hydrazone groups is 1. The Bertz CT molecular complexity index is 1110. The van der Waals surface area contributed by atoms with Crippen LogP contribution in [0.5, 0.6) is 0 Å². The largest absolute Gasteiger partial charge is 0.298 e. The second kappa shape index (κ2) is 8.36. The lowest BCUT2D eigenvalue weighted by Crippen LogP contribution is -2.34. The summed E-state index contributed by atoms with van der Waals surface area (Å²) in [4.78, 5) is 27.3. The molecule has 7 nitrogen and oxygen atoms in total. The van der Waals surface area contributed by atoms with Crippen LogP contribution in [0.4, 0.5) is 0 Å². The van der Waals surface area contributed by atoms with Crippen LogP contribution in [0.1, 0.15) is 28.9 Å². The molecule has 1 amide bonds. The van der Waals surface area contributed by atoms with E-state index < -0.39 is 5.91 Å². The molecule has 0 aliphatic carbocycles. The Morgan fingerprint density at radius 3 is 2.41 bits per heavy atom. The van der Waals surface area contributed by atoms with Crippen LogP contribution < -0.4 is 11.0 Å². The van der Waals surface area contributed by atoms with Crippen molar-refractivity contribution < 1.29 is 4.79 Å². The number of aromatic nitrogens is 2. The summed E-state index contributed by atoms with van der Waals surface area (Å²) >= 11 is 0. The van der Waals surface area contributed by atoms with E-state index in [1.807, 2.05) is 6.07 Å². The highest BCUT2D eigenvalue weighted by Crippen LogP contribution is 2.14. The summed E-state index contributed by atoms with van der Waals surface area (Å²) in [5.74, 6) is -0.406. The zero-order chi connectivity index (χ0) is 20.2. The van der Waals surface area contributed by atoms with Crippen molar-refractivity contribution in [3.63, 3.8) is 0 Å². The Kier molecular flexibility index (Phi) is 5.48. The maximum atomic E-state index is 12.7. The third kappa shape index (κ3) is 4.25. The van der Waals surface area contributed by atoms with Crippen LogP contribution in [0.2, 0.25) is 0 Å². The molecule has 1 N–H and O–H groups in total. The molecular weight excluding hydrogens is 366 g/mol. The van der Waals surface area contributed by atoms with Crippen LogP contribution in [0, 0.1) is 0 Å². The fraction of sp³-hybridized carbons (Fsp3) is 0.273. The minimum absolute atomic E-state index is 0.202. The van der Waals surface area contributed by atoms with Gasteiger partial charge in [0.2, 0.25) is 0 Å². The van der Waals surface area contributed by atoms with Crippen molar-refractivity contribution in [3.05, 3.63) is 76.2 Å². The average molecular weight is 389 g/mol. The number of likely N-dealkylation sites (tertiary alicyclic amines) is 1. The molecule has 1 saturated heterocycles. The first-order valence-corrected chi connectivity index (χ1v) is 9.70. The van der Waals surface area contributed by atoms with Gasteiger partial charge in [-0.1, -0.05) is 48.5 Å². The van der Waals surface area contributed by atoms with E-state index in [1.165, 1.54) is 10.2 Å². The van der Waals surface area contributed by atoms with E-state index in [9.17, 15) is 9.59 Å². The maximum Gasteiger partial charge on any atom is 0.292 e. The predicted octanol–water partition coefficient (Wildman–Crippen LogP) is 2.32. The zero-order valence-electron chi connectivity index (χ0n) is 16.3. The number of aryl methyl sites for hydroxylation is 1. The normalized spacial score (nSPS) is 14.7. The molecule has 0 spiro atoms. The summed E-state index contributed by atoms with van der Waals surface area (Å²) < 4.78 is 1.19. The Morgan fingerprint density at radius 2 is 1.69 bits per heavy atom. The minimum atomic E-state index is -0.406. The van der Waals surface area contributed by atoms with Crippen molar-refractivity contribution >= 4 is 22.4 Å². The lowest BCUT2D eigenvalue weighted by Gasteiger charge is -2.27. The van der Waals surface area contributed by atoms with Gasteiger partial charge in [-0.15, -0.1) is 0 Å². The molecule has 2 aromatic carbocycles. The minimum Gasteiger partial charge on any atom is -0.298 e. The molecule has 7 heteroatoms. The van der Waals surface area contributed by atoms with Gasteiger partial charge < -0.3 is 0 Å². The number of hydrogen-bond acceptors (Lipinski definition) is 5. The van der Waals surface area contributed by atoms with Gasteiger partial charge in [-0.2, -0.15) is 10.2 Å². The van der Waals surface area contributed by atoms with E-state index in [2.05, 4.69) is 44.8 Å². The Balaban J connectivity index is 1.42. The first-order valence-electron chi connectivity index (χ1n) is 9.70. The molecule has 1 aliphatic rings. The maximum absolute atomic E-state index is 12.7. The Hall–Kier alpha value is -3.32. The highest BCUT2D eigenvalue weighted by molar-refractivity contribution is 6.05. The molecule has 4 rings (SSSR count). The highest BCUT2D eigenvalue weighted by Gasteiger charge is 2.18. The monoisotopic (exact) mass is 389 g/mol. The molecule has 0 atom stereocenters. The standard InChI is InChI=1S/C22H23N5O2/c1-26-22(29)19-10-6-5-9-18(19)20(25-26)21(28)24-23-17-11-13-27(14-12-17)15-16-7-3-2-4-8-16/h2-10H,11-15H2,1H3,(H,24,28). The fourth-order valence-corrected chi connectivity index (χ4v) is 3.57. The number of carbonyl (C=O) groups excluding carboxylic acids is 1.